The van der Waals surface area contributed by atoms with Crippen molar-refractivity contribution in [3.8, 4) is 22.6 Å². The van der Waals surface area contributed by atoms with Crippen molar-refractivity contribution in [2.24, 2.45) is 0 Å². The van der Waals surface area contributed by atoms with Gasteiger partial charge in [0.05, 0.1) is 19.1 Å². The maximum absolute atomic E-state index is 13.5. The molecule has 236 valence electrons. The van der Waals surface area contributed by atoms with Gasteiger partial charge in [0, 0.05) is 42.9 Å². The number of pyridine rings is 1. The number of piperidine rings is 1. The zero-order valence-corrected chi connectivity index (χ0v) is 26.9. The minimum absolute atomic E-state index is 0.000831. The number of carbonyl (C=O) groups is 2. The number of aryl methyl sites for hydroxylation is 2. The highest BCUT2D eigenvalue weighted by atomic mass is 16.6. The lowest BCUT2D eigenvalue weighted by Gasteiger charge is -2.33. The first-order valence-corrected chi connectivity index (χ1v) is 15.2. The number of amides is 2. The van der Waals surface area contributed by atoms with Crippen LogP contribution in [0.4, 0.5) is 10.5 Å². The number of carbonyl (C=O) groups excluding carboxylic acids is 2. The molecule has 10 heteroatoms. The number of hydrogen-bond donors (Lipinski definition) is 2. The van der Waals surface area contributed by atoms with Crippen LogP contribution >= 0.6 is 0 Å². The van der Waals surface area contributed by atoms with Crippen LogP contribution in [0.5, 0.6) is 5.75 Å². The van der Waals surface area contributed by atoms with E-state index >= 15 is 0 Å². The van der Waals surface area contributed by atoms with Gasteiger partial charge in [0.1, 0.15) is 17.0 Å². The summed E-state index contributed by atoms with van der Waals surface area (Å²) >= 11 is 0. The molecule has 5 rings (SSSR count). The van der Waals surface area contributed by atoms with Crippen LogP contribution in [-0.2, 0) is 11.3 Å². The molecule has 4 aromatic rings. The third-order valence-electron chi connectivity index (χ3n) is 7.61. The number of imidazole rings is 1. The largest absolute Gasteiger partial charge is 0.496 e. The van der Waals surface area contributed by atoms with Crippen molar-refractivity contribution in [2.45, 2.75) is 65.6 Å². The van der Waals surface area contributed by atoms with Crippen LogP contribution in [0, 0.1) is 13.8 Å². The van der Waals surface area contributed by atoms with Gasteiger partial charge in [-0.05, 0) is 113 Å². The zero-order chi connectivity index (χ0) is 32.1. The van der Waals surface area contributed by atoms with Gasteiger partial charge in [-0.25, -0.2) is 9.78 Å². The van der Waals surface area contributed by atoms with Gasteiger partial charge in [-0.15, -0.1) is 0 Å². The molecule has 0 aliphatic carbocycles. The van der Waals surface area contributed by atoms with Gasteiger partial charge in [-0.2, -0.15) is 0 Å². The van der Waals surface area contributed by atoms with Crippen molar-refractivity contribution in [3.05, 3.63) is 89.8 Å². The van der Waals surface area contributed by atoms with E-state index in [-0.39, 0.29) is 11.9 Å². The van der Waals surface area contributed by atoms with E-state index in [1.165, 1.54) is 0 Å². The third kappa shape index (κ3) is 8.48. The van der Waals surface area contributed by atoms with Gasteiger partial charge in [-0.3, -0.25) is 14.7 Å². The molecule has 0 spiro atoms. The first kappa shape index (κ1) is 31.7. The summed E-state index contributed by atoms with van der Waals surface area (Å²) in [5.41, 5.74) is 6.08. The maximum atomic E-state index is 13.5. The molecule has 2 N–H and O–H groups in total. The van der Waals surface area contributed by atoms with E-state index in [1.54, 1.807) is 25.7 Å². The van der Waals surface area contributed by atoms with Crippen molar-refractivity contribution < 1.29 is 19.1 Å². The van der Waals surface area contributed by atoms with E-state index in [0.29, 0.717) is 24.5 Å². The van der Waals surface area contributed by atoms with Crippen molar-refractivity contribution in [3.63, 3.8) is 0 Å². The summed E-state index contributed by atoms with van der Waals surface area (Å²) < 4.78 is 12.9. The predicted octanol–water partition coefficient (Wildman–Crippen LogP) is 6.30. The smallest absolute Gasteiger partial charge is 0.407 e. The number of anilines is 1. The van der Waals surface area contributed by atoms with Gasteiger partial charge in [0.25, 0.3) is 5.91 Å². The molecule has 3 heterocycles. The Morgan fingerprint density at radius 3 is 2.56 bits per heavy atom. The molecule has 1 aliphatic heterocycles. The van der Waals surface area contributed by atoms with Gasteiger partial charge in [-0.1, -0.05) is 12.1 Å². The summed E-state index contributed by atoms with van der Waals surface area (Å²) in [6.07, 6.45) is 6.82. The Bertz CT molecular complexity index is 1670. The van der Waals surface area contributed by atoms with Crippen LogP contribution < -0.4 is 15.4 Å². The average molecular weight is 611 g/mol. The SMILES string of the molecule is COc1cc(-c2ccnc(C(=O)Nc3cc(CN4CCC[C@H](NC(=O)OC(C)(C)C)C4)cc(-n4cnc(C)c4)c3)c2)ccc1C. The minimum Gasteiger partial charge on any atom is -0.496 e. The molecular weight excluding hydrogens is 568 g/mol. The summed E-state index contributed by atoms with van der Waals surface area (Å²) in [5.74, 6) is 0.482. The normalized spacial score (nSPS) is 15.4. The molecule has 0 radical (unpaired) electrons. The number of methoxy groups -OCH3 is 1. The molecule has 2 amide bonds. The number of nitrogens with one attached hydrogen (secondary N) is 2. The van der Waals surface area contributed by atoms with E-state index in [2.05, 4.69) is 31.6 Å². The van der Waals surface area contributed by atoms with Crippen molar-refractivity contribution in [1.82, 2.24) is 24.8 Å². The van der Waals surface area contributed by atoms with Crippen molar-refractivity contribution in [2.75, 3.05) is 25.5 Å². The molecule has 0 unspecified atom stereocenters. The molecular formula is C35H42N6O4. The summed E-state index contributed by atoms with van der Waals surface area (Å²) in [5, 5.41) is 6.09. The highest BCUT2D eigenvalue weighted by molar-refractivity contribution is 6.03. The number of aromatic nitrogens is 3. The highest BCUT2D eigenvalue weighted by Crippen LogP contribution is 2.28. The van der Waals surface area contributed by atoms with Crippen LogP contribution in [0.3, 0.4) is 0 Å². The Morgan fingerprint density at radius 2 is 1.82 bits per heavy atom. The highest BCUT2D eigenvalue weighted by Gasteiger charge is 2.24. The summed E-state index contributed by atoms with van der Waals surface area (Å²) in [7, 11) is 1.65. The number of benzene rings is 2. The molecule has 1 aliphatic rings. The number of hydrogen-bond acceptors (Lipinski definition) is 7. The van der Waals surface area contributed by atoms with Crippen LogP contribution in [0.15, 0.2) is 67.3 Å². The third-order valence-corrected chi connectivity index (χ3v) is 7.61. The molecule has 10 nitrogen and oxygen atoms in total. The number of nitrogens with zero attached hydrogens (tertiary/aromatic N) is 4. The second kappa shape index (κ2) is 13.5. The van der Waals surface area contributed by atoms with Gasteiger partial charge >= 0.3 is 6.09 Å². The monoisotopic (exact) mass is 610 g/mol. The number of alkyl carbamates (subject to hydrolysis) is 1. The summed E-state index contributed by atoms with van der Waals surface area (Å²) in [4.78, 5) is 37.0. The molecule has 1 saturated heterocycles. The summed E-state index contributed by atoms with van der Waals surface area (Å²) in [6.45, 7) is 11.8. The van der Waals surface area contributed by atoms with E-state index in [1.807, 2.05) is 81.8 Å². The van der Waals surface area contributed by atoms with Gasteiger partial charge < -0.3 is 24.7 Å². The van der Waals surface area contributed by atoms with Crippen LogP contribution in [0.25, 0.3) is 16.8 Å². The Kier molecular flexibility index (Phi) is 9.53. The molecule has 0 saturated carbocycles. The topological polar surface area (TPSA) is 111 Å². The molecule has 2 aromatic carbocycles. The number of likely N-dealkylation sites (tertiary alicyclic amines) is 1. The maximum Gasteiger partial charge on any atom is 0.407 e. The number of ether oxygens (including phenoxy) is 2. The van der Waals surface area contributed by atoms with E-state index in [9.17, 15) is 9.59 Å². The molecule has 1 atom stereocenters. The van der Waals surface area contributed by atoms with Crippen LogP contribution in [0.2, 0.25) is 0 Å². The minimum atomic E-state index is -0.545. The lowest BCUT2D eigenvalue weighted by Crippen LogP contribution is -2.48. The molecule has 2 aromatic heterocycles. The Balaban J connectivity index is 1.35. The average Bonchev–Trinajstić information content (AvgIpc) is 3.43. The van der Waals surface area contributed by atoms with E-state index in [0.717, 1.165) is 58.8 Å². The van der Waals surface area contributed by atoms with Gasteiger partial charge in [0.15, 0.2) is 0 Å². The van der Waals surface area contributed by atoms with Crippen LogP contribution in [-0.4, -0.2) is 63.3 Å². The second-order valence-electron chi connectivity index (χ2n) is 12.6. The predicted molar refractivity (Wildman–Crippen MR) is 175 cm³/mol. The first-order valence-electron chi connectivity index (χ1n) is 15.2. The van der Waals surface area contributed by atoms with E-state index < -0.39 is 11.7 Å². The molecule has 45 heavy (non-hydrogen) atoms. The fourth-order valence-corrected chi connectivity index (χ4v) is 5.53. The van der Waals surface area contributed by atoms with E-state index in [4.69, 9.17) is 9.47 Å². The Labute approximate surface area is 264 Å². The van der Waals surface area contributed by atoms with Crippen molar-refractivity contribution in [1.29, 1.82) is 0 Å². The Morgan fingerprint density at radius 1 is 1.02 bits per heavy atom. The standard InChI is InChI=1S/C35H42N6O4/c1-23-9-10-26(17-32(23)44-6)27-11-12-36-31(16-27)33(42)38-29-14-25(15-30(18-29)41-19-24(2)37-22-41)20-40-13-7-8-28(21-40)39-34(43)45-35(3,4)5/h9-12,14-19,22,28H,7-8,13,20-21H2,1-6H3,(H,38,42)(H,39,43)/t28-/m0/s1. The second-order valence-corrected chi connectivity index (χ2v) is 12.6. The summed E-state index contributed by atoms with van der Waals surface area (Å²) in [6, 6.07) is 15.7. The van der Waals surface area contributed by atoms with Crippen LogP contribution in [0.1, 0.15) is 60.9 Å². The molecule has 0 bridgehead atoms. The fourth-order valence-electron chi connectivity index (χ4n) is 5.53. The quantitative estimate of drug-likeness (QED) is 0.241. The molecule has 1 fully saturated rings. The first-order chi connectivity index (χ1) is 21.5. The van der Waals surface area contributed by atoms with Gasteiger partial charge in [0.2, 0.25) is 0 Å². The zero-order valence-electron chi connectivity index (χ0n) is 26.9. The number of rotatable bonds is 8. The lowest BCUT2D eigenvalue weighted by molar-refractivity contribution is 0.0470. The van der Waals surface area contributed by atoms with Crippen molar-refractivity contribution >= 4 is 17.7 Å². The fraction of sp³-hybridized carbons (Fsp3) is 0.371. The Hall–Kier alpha value is -4.70. The lowest BCUT2D eigenvalue weighted by atomic mass is 10.0.